The summed E-state index contributed by atoms with van der Waals surface area (Å²) in [5, 5.41) is 0. The van der Waals surface area contributed by atoms with Gasteiger partial charge in [0.15, 0.2) is 0 Å². The molecule has 1 saturated heterocycles. The van der Waals surface area contributed by atoms with Crippen LogP contribution in [0.5, 0.6) is 5.75 Å². The number of piperazine rings is 1. The molecule has 0 bridgehead atoms. The topological polar surface area (TPSA) is 118 Å². The molecule has 2 amide bonds. The molecule has 1 aliphatic rings. The van der Waals surface area contributed by atoms with Gasteiger partial charge in [0.2, 0.25) is 5.91 Å². The summed E-state index contributed by atoms with van der Waals surface area (Å²) in [5.41, 5.74) is 4.89. The van der Waals surface area contributed by atoms with Gasteiger partial charge in [0.1, 0.15) is 12.4 Å². The molecule has 10 nitrogen and oxygen atoms in total. The van der Waals surface area contributed by atoms with Crippen LogP contribution in [-0.2, 0) is 17.9 Å². The highest BCUT2D eigenvalue weighted by Gasteiger charge is 2.23. The van der Waals surface area contributed by atoms with Crippen molar-refractivity contribution in [3.63, 3.8) is 0 Å². The summed E-state index contributed by atoms with van der Waals surface area (Å²) in [6.45, 7) is 6.25. The highest BCUT2D eigenvalue weighted by molar-refractivity contribution is 5.95. The van der Waals surface area contributed by atoms with Gasteiger partial charge in [0.25, 0.3) is 5.91 Å². The van der Waals surface area contributed by atoms with Gasteiger partial charge < -0.3 is 19.1 Å². The number of H-pyrrole nitrogens is 1. The number of nitrogens with one attached hydrogen (secondary N) is 1. The minimum atomic E-state index is -0.785. The molecule has 0 atom stereocenters. The van der Waals surface area contributed by atoms with Crippen LogP contribution in [-0.4, -0.2) is 57.5 Å². The Morgan fingerprint density at radius 3 is 2.27 bits per heavy atom. The molecule has 1 N–H and O–H groups in total. The first-order valence-electron chi connectivity index (χ1n) is 13.0. The number of aromatic nitrogens is 2. The van der Waals surface area contributed by atoms with Gasteiger partial charge in [0, 0.05) is 38.7 Å². The molecule has 0 aliphatic carbocycles. The van der Waals surface area contributed by atoms with Crippen molar-refractivity contribution in [2.45, 2.75) is 27.0 Å². The second-order valence-electron chi connectivity index (χ2n) is 9.81. The van der Waals surface area contributed by atoms with Crippen molar-refractivity contribution >= 4 is 11.8 Å². The van der Waals surface area contributed by atoms with Gasteiger partial charge in [0.05, 0.1) is 6.54 Å². The number of rotatable bonds is 7. The van der Waals surface area contributed by atoms with E-state index in [-0.39, 0.29) is 18.4 Å². The second-order valence-corrected chi connectivity index (χ2v) is 9.81. The fourth-order valence-electron chi connectivity index (χ4n) is 4.80. The summed E-state index contributed by atoms with van der Waals surface area (Å²) in [5.74, 6) is -0.0962. The van der Waals surface area contributed by atoms with Crippen molar-refractivity contribution in [1.82, 2.24) is 19.5 Å². The summed E-state index contributed by atoms with van der Waals surface area (Å²) >= 11 is 0. The molecule has 3 aromatic carbocycles. The first-order valence-corrected chi connectivity index (χ1v) is 13.0. The lowest BCUT2D eigenvalue weighted by Crippen LogP contribution is -2.50. The number of ether oxygens (including phenoxy) is 1. The van der Waals surface area contributed by atoms with E-state index in [9.17, 15) is 19.2 Å². The second kappa shape index (κ2) is 11.5. The highest BCUT2D eigenvalue weighted by atomic mass is 16.5. The lowest BCUT2D eigenvalue weighted by atomic mass is 9.96. The molecule has 0 radical (unpaired) electrons. The molecule has 0 saturated carbocycles. The number of hydrogen-bond donors (Lipinski definition) is 1. The van der Waals surface area contributed by atoms with Crippen molar-refractivity contribution in [3.8, 4) is 16.9 Å². The van der Waals surface area contributed by atoms with Crippen LogP contribution in [0.4, 0.5) is 0 Å². The molecule has 0 unspecified atom stereocenters. The standard InChI is InChI=1S/C30H30N4O6/c1-20-16-25(28(36)33-14-12-32(13-15-33)21(2)35)8-11-27(20)24-5-3-4-23(17-24)19-39-26-9-6-22(7-10-26)18-34-29(37)31-30(38)40-34/h3-11,16-17H,12-15,18-19H2,1-2H3,(H,31,37,38). The Bertz CT molecular complexity index is 1640. The number of carbonyl (C=O) groups excluding carboxylic acids is 2. The van der Waals surface area contributed by atoms with E-state index < -0.39 is 11.4 Å². The third kappa shape index (κ3) is 6.06. The van der Waals surface area contributed by atoms with Crippen molar-refractivity contribution < 1.29 is 18.8 Å². The average Bonchev–Trinajstić information content (AvgIpc) is 3.28. The first-order chi connectivity index (χ1) is 19.3. The molecule has 206 valence electrons. The molecular formula is C30H30N4O6. The van der Waals surface area contributed by atoms with E-state index in [1.54, 1.807) is 41.0 Å². The Morgan fingerprint density at radius 1 is 0.900 bits per heavy atom. The van der Waals surface area contributed by atoms with E-state index in [1.165, 1.54) is 0 Å². The van der Waals surface area contributed by atoms with Crippen LogP contribution in [0.25, 0.3) is 11.1 Å². The van der Waals surface area contributed by atoms with Crippen LogP contribution in [0, 0.1) is 6.92 Å². The molecule has 5 rings (SSSR count). The van der Waals surface area contributed by atoms with E-state index in [0.29, 0.717) is 44.1 Å². The highest BCUT2D eigenvalue weighted by Crippen LogP contribution is 2.26. The van der Waals surface area contributed by atoms with Gasteiger partial charge in [-0.3, -0.25) is 9.59 Å². The quantitative estimate of drug-likeness (QED) is 0.384. The van der Waals surface area contributed by atoms with Crippen LogP contribution in [0.1, 0.15) is 34.0 Å². The van der Waals surface area contributed by atoms with Gasteiger partial charge in [-0.15, -0.1) is 4.74 Å². The number of hydrogen-bond acceptors (Lipinski definition) is 6. The summed E-state index contributed by atoms with van der Waals surface area (Å²) < 4.78 is 11.7. The van der Waals surface area contributed by atoms with Crippen molar-refractivity contribution in [2.75, 3.05) is 26.2 Å². The number of nitrogens with zero attached hydrogens (tertiary/aromatic N) is 3. The summed E-state index contributed by atoms with van der Waals surface area (Å²) in [4.78, 5) is 53.0. The molecule has 2 heterocycles. The minimum Gasteiger partial charge on any atom is -0.489 e. The van der Waals surface area contributed by atoms with Crippen LogP contribution < -0.4 is 16.2 Å². The Hall–Kier alpha value is -4.86. The van der Waals surface area contributed by atoms with Gasteiger partial charge in [-0.05, 0) is 65.1 Å². The molecule has 1 aliphatic heterocycles. The Labute approximate surface area is 230 Å². The normalized spacial score (nSPS) is 13.3. The lowest BCUT2D eigenvalue weighted by Gasteiger charge is -2.34. The fraction of sp³-hybridized carbons (Fsp3) is 0.267. The largest absolute Gasteiger partial charge is 0.489 e. The van der Waals surface area contributed by atoms with Gasteiger partial charge in [-0.2, -0.15) is 0 Å². The predicted molar refractivity (Wildman–Crippen MR) is 148 cm³/mol. The third-order valence-corrected chi connectivity index (χ3v) is 7.01. The molecule has 40 heavy (non-hydrogen) atoms. The van der Waals surface area contributed by atoms with Gasteiger partial charge in [-0.25, -0.2) is 14.6 Å². The number of aromatic amines is 1. The minimum absolute atomic E-state index is 0.0178. The van der Waals surface area contributed by atoms with E-state index in [0.717, 1.165) is 32.6 Å². The van der Waals surface area contributed by atoms with Crippen LogP contribution >= 0.6 is 0 Å². The molecule has 0 spiro atoms. The zero-order valence-corrected chi connectivity index (χ0v) is 22.4. The average molecular weight is 543 g/mol. The number of aryl methyl sites for hydroxylation is 1. The zero-order valence-electron chi connectivity index (χ0n) is 22.4. The fourth-order valence-corrected chi connectivity index (χ4v) is 4.80. The molecule has 10 heteroatoms. The summed E-state index contributed by atoms with van der Waals surface area (Å²) in [6, 6.07) is 21.0. The Kier molecular flexibility index (Phi) is 7.68. The Balaban J connectivity index is 1.21. The third-order valence-electron chi connectivity index (χ3n) is 7.01. The zero-order chi connectivity index (χ0) is 28.2. The lowest BCUT2D eigenvalue weighted by molar-refractivity contribution is -0.130. The number of amides is 2. The molecule has 1 fully saturated rings. The van der Waals surface area contributed by atoms with Crippen molar-refractivity contribution in [1.29, 1.82) is 0 Å². The summed E-state index contributed by atoms with van der Waals surface area (Å²) in [7, 11) is 0. The molecular weight excluding hydrogens is 512 g/mol. The maximum atomic E-state index is 13.1. The summed E-state index contributed by atoms with van der Waals surface area (Å²) in [6.07, 6.45) is 0. The molecule has 4 aromatic rings. The van der Waals surface area contributed by atoms with Crippen molar-refractivity contribution in [2.24, 2.45) is 0 Å². The van der Waals surface area contributed by atoms with Crippen molar-refractivity contribution in [3.05, 3.63) is 110 Å². The monoisotopic (exact) mass is 542 g/mol. The predicted octanol–water partition coefficient (Wildman–Crippen LogP) is 3.04. The SMILES string of the molecule is CC(=O)N1CCN(C(=O)c2ccc(-c3cccc(COc4ccc(Cn5oc(=O)[nH]c5=O)cc4)c3)c(C)c2)CC1. The van der Waals surface area contributed by atoms with Crippen LogP contribution in [0.15, 0.2) is 80.8 Å². The maximum Gasteiger partial charge on any atom is 0.440 e. The van der Waals surface area contributed by atoms with Crippen LogP contribution in [0.3, 0.4) is 0 Å². The maximum absolute atomic E-state index is 13.1. The number of carbonyl (C=O) groups is 2. The van der Waals surface area contributed by atoms with Crippen LogP contribution in [0.2, 0.25) is 0 Å². The Morgan fingerprint density at radius 2 is 1.62 bits per heavy atom. The van der Waals surface area contributed by atoms with Gasteiger partial charge in [-0.1, -0.05) is 36.4 Å². The smallest absolute Gasteiger partial charge is 0.440 e. The van der Waals surface area contributed by atoms with E-state index in [4.69, 9.17) is 9.26 Å². The first kappa shape index (κ1) is 26.7. The molecule has 1 aromatic heterocycles. The van der Waals surface area contributed by atoms with E-state index in [1.807, 2.05) is 43.3 Å². The van der Waals surface area contributed by atoms with Gasteiger partial charge >= 0.3 is 11.4 Å². The van der Waals surface area contributed by atoms with E-state index in [2.05, 4.69) is 11.1 Å². The number of benzene rings is 3. The van der Waals surface area contributed by atoms with E-state index >= 15 is 0 Å².